The van der Waals surface area contributed by atoms with Crippen molar-refractivity contribution in [1.82, 2.24) is 9.80 Å². The molecule has 1 heterocycles. The third-order valence-electron chi connectivity index (χ3n) is 7.68. The van der Waals surface area contributed by atoms with Gasteiger partial charge in [-0.05, 0) is 42.2 Å². The van der Waals surface area contributed by atoms with E-state index in [-0.39, 0.29) is 29.6 Å². The van der Waals surface area contributed by atoms with Crippen LogP contribution in [0.4, 0.5) is 11.4 Å². The number of nitrogens with one attached hydrogen (secondary N) is 1. The number of hydrogen-bond acceptors (Lipinski definition) is 4. The monoisotopic (exact) mass is 554 g/mol. The second kappa shape index (κ2) is 14.0. The van der Waals surface area contributed by atoms with Gasteiger partial charge in [-0.3, -0.25) is 14.4 Å². The zero-order valence-corrected chi connectivity index (χ0v) is 24.7. The van der Waals surface area contributed by atoms with Crippen LogP contribution in [0.15, 0.2) is 78.9 Å². The second-order valence-electron chi connectivity index (χ2n) is 11.1. The third kappa shape index (κ3) is 7.54. The van der Waals surface area contributed by atoms with Crippen LogP contribution < -0.4 is 10.2 Å². The molecule has 7 heteroatoms. The van der Waals surface area contributed by atoms with E-state index in [2.05, 4.69) is 17.1 Å². The quantitative estimate of drug-likeness (QED) is 0.364. The van der Waals surface area contributed by atoms with Crippen molar-refractivity contribution in [3.05, 3.63) is 95.6 Å². The molecule has 1 fully saturated rings. The lowest BCUT2D eigenvalue weighted by Gasteiger charge is -2.28. The molecule has 0 bridgehead atoms. The maximum atomic E-state index is 13.8. The van der Waals surface area contributed by atoms with Crippen LogP contribution in [-0.4, -0.2) is 60.7 Å². The Morgan fingerprint density at radius 1 is 0.878 bits per heavy atom. The first-order valence-corrected chi connectivity index (χ1v) is 14.6. The summed E-state index contributed by atoms with van der Waals surface area (Å²) in [5.41, 5.74) is 4.06. The molecular formula is C34H42N4O3. The van der Waals surface area contributed by atoms with Crippen molar-refractivity contribution in [3.8, 4) is 0 Å². The average Bonchev–Trinajstić information content (AvgIpc) is 3.24. The van der Waals surface area contributed by atoms with Gasteiger partial charge in [-0.2, -0.15) is 0 Å². The number of carbonyl (C=O) groups excluding carboxylic acids is 3. The summed E-state index contributed by atoms with van der Waals surface area (Å²) >= 11 is 0. The summed E-state index contributed by atoms with van der Waals surface area (Å²) in [7, 11) is 1.80. The van der Waals surface area contributed by atoms with Gasteiger partial charge >= 0.3 is 0 Å². The lowest BCUT2D eigenvalue weighted by Crippen LogP contribution is -2.38. The Kier molecular flexibility index (Phi) is 10.2. The van der Waals surface area contributed by atoms with Crippen LogP contribution >= 0.6 is 0 Å². The lowest BCUT2D eigenvalue weighted by atomic mass is 9.95. The molecule has 0 radical (unpaired) electrons. The molecule has 1 unspecified atom stereocenters. The van der Waals surface area contributed by atoms with E-state index in [1.165, 1.54) is 0 Å². The van der Waals surface area contributed by atoms with Gasteiger partial charge in [0, 0.05) is 57.1 Å². The molecule has 41 heavy (non-hydrogen) atoms. The van der Waals surface area contributed by atoms with Crippen molar-refractivity contribution in [3.63, 3.8) is 0 Å². The summed E-state index contributed by atoms with van der Waals surface area (Å²) in [5.74, 6) is -0.383. The van der Waals surface area contributed by atoms with E-state index in [9.17, 15) is 14.4 Å². The van der Waals surface area contributed by atoms with E-state index in [4.69, 9.17) is 0 Å². The predicted octanol–water partition coefficient (Wildman–Crippen LogP) is 5.79. The van der Waals surface area contributed by atoms with Gasteiger partial charge in [0.1, 0.15) is 0 Å². The number of rotatable bonds is 9. The largest absolute Gasteiger partial charge is 0.369 e. The molecule has 7 nitrogen and oxygen atoms in total. The summed E-state index contributed by atoms with van der Waals surface area (Å²) in [6, 6.07) is 25.5. The minimum absolute atomic E-state index is 0.0957. The van der Waals surface area contributed by atoms with E-state index in [1.807, 2.05) is 91.5 Å². The van der Waals surface area contributed by atoms with Crippen LogP contribution in [-0.2, 0) is 16.1 Å². The van der Waals surface area contributed by atoms with Gasteiger partial charge in [0.25, 0.3) is 5.91 Å². The summed E-state index contributed by atoms with van der Waals surface area (Å²) < 4.78 is 0. The molecule has 3 aromatic carbocycles. The molecule has 0 saturated carbocycles. The second-order valence-corrected chi connectivity index (χ2v) is 11.1. The predicted molar refractivity (Wildman–Crippen MR) is 165 cm³/mol. The van der Waals surface area contributed by atoms with Gasteiger partial charge < -0.3 is 20.0 Å². The highest BCUT2D eigenvalue weighted by molar-refractivity contribution is 6.02. The summed E-state index contributed by atoms with van der Waals surface area (Å²) in [6.07, 6.45) is 1.55. The normalized spacial score (nSPS) is 14.4. The highest BCUT2D eigenvalue weighted by atomic mass is 16.2. The fourth-order valence-corrected chi connectivity index (χ4v) is 5.32. The molecule has 3 aromatic rings. The van der Waals surface area contributed by atoms with Crippen LogP contribution in [0.5, 0.6) is 0 Å². The fraction of sp³-hybridized carbons (Fsp3) is 0.382. The van der Waals surface area contributed by atoms with Gasteiger partial charge in [0.15, 0.2) is 0 Å². The summed E-state index contributed by atoms with van der Waals surface area (Å²) in [6.45, 7) is 8.83. The number of anilines is 2. The molecule has 1 aliphatic heterocycles. The van der Waals surface area contributed by atoms with Gasteiger partial charge in [-0.1, -0.05) is 81.4 Å². The van der Waals surface area contributed by atoms with E-state index >= 15 is 0 Å². The minimum Gasteiger partial charge on any atom is -0.369 e. The number of carbonyl (C=O) groups is 3. The molecule has 216 valence electrons. The van der Waals surface area contributed by atoms with Crippen LogP contribution in [0.25, 0.3) is 0 Å². The average molecular weight is 555 g/mol. The third-order valence-corrected chi connectivity index (χ3v) is 7.68. The molecule has 4 rings (SSSR count). The van der Waals surface area contributed by atoms with Gasteiger partial charge in [0.2, 0.25) is 11.8 Å². The topological polar surface area (TPSA) is 73.0 Å². The van der Waals surface area contributed by atoms with Crippen molar-refractivity contribution in [2.45, 2.75) is 46.1 Å². The van der Waals surface area contributed by atoms with Crippen LogP contribution in [0.2, 0.25) is 0 Å². The standard InChI is InChI=1S/C34H42N4O3/c1-5-29(27-15-10-7-11-16-27)34(41)38-20-12-19-37(21-22-38)31-18-17-28(35-32(39)25(2)3)23-30(31)33(40)36(4)24-26-13-8-6-9-14-26/h6-11,13-18,23,25,29H,5,12,19-22,24H2,1-4H3,(H,35,39). The van der Waals surface area contributed by atoms with E-state index < -0.39 is 0 Å². The van der Waals surface area contributed by atoms with Crippen LogP contribution in [0, 0.1) is 5.92 Å². The SMILES string of the molecule is CCC(C(=O)N1CCCN(c2ccc(NC(=O)C(C)C)cc2C(=O)N(C)Cc2ccccc2)CC1)c1ccccc1. The van der Waals surface area contributed by atoms with Crippen molar-refractivity contribution in [2.24, 2.45) is 5.92 Å². The number of hydrogen-bond donors (Lipinski definition) is 1. The molecule has 1 atom stereocenters. The molecule has 1 saturated heterocycles. The van der Waals surface area contributed by atoms with Gasteiger partial charge in [-0.25, -0.2) is 0 Å². The molecule has 0 aliphatic carbocycles. The van der Waals surface area contributed by atoms with Crippen molar-refractivity contribution in [1.29, 1.82) is 0 Å². The van der Waals surface area contributed by atoms with Gasteiger partial charge in [-0.15, -0.1) is 0 Å². The number of nitrogens with zero attached hydrogens (tertiary/aromatic N) is 3. The lowest BCUT2D eigenvalue weighted by molar-refractivity contribution is -0.132. The van der Waals surface area contributed by atoms with Crippen LogP contribution in [0.1, 0.15) is 61.0 Å². The zero-order chi connectivity index (χ0) is 29.4. The Hall–Kier alpha value is -4.13. The number of benzene rings is 3. The molecule has 0 spiro atoms. The highest BCUT2D eigenvalue weighted by Crippen LogP contribution is 2.29. The molecule has 3 amide bonds. The molecule has 1 N–H and O–H groups in total. The van der Waals surface area contributed by atoms with Crippen LogP contribution in [0.3, 0.4) is 0 Å². The Bertz CT molecular complexity index is 1330. The Balaban J connectivity index is 1.56. The van der Waals surface area contributed by atoms with Crippen molar-refractivity contribution >= 4 is 29.1 Å². The fourth-order valence-electron chi connectivity index (χ4n) is 5.32. The number of amides is 3. The van der Waals surface area contributed by atoms with Gasteiger partial charge in [0.05, 0.1) is 11.5 Å². The summed E-state index contributed by atoms with van der Waals surface area (Å²) in [5, 5.41) is 2.94. The highest BCUT2D eigenvalue weighted by Gasteiger charge is 2.28. The Morgan fingerprint density at radius 3 is 2.22 bits per heavy atom. The maximum absolute atomic E-state index is 13.8. The Morgan fingerprint density at radius 2 is 1.56 bits per heavy atom. The van der Waals surface area contributed by atoms with Crippen molar-refractivity contribution < 1.29 is 14.4 Å². The first-order valence-electron chi connectivity index (χ1n) is 14.6. The van der Waals surface area contributed by atoms with E-state index in [1.54, 1.807) is 18.0 Å². The first-order chi connectivity index (χ1) is 19.8. The van der Waals surface area contributed by atoms with E-state index in [0.29, 0.717) is 37.4 Å². The zero-order valence-electron chi connectivity index (χ0n) is 24.7. The van der Waals surface area contributed by atoms with Crippen molar-refractivity contribution in [2.75, 3.05) is 43.4 Å². The first kappa shape index (κ1) is 29.8. The summed E-state index contributed by atoms with van der Waals surface area (Å²) in [4.78, 5) is 45.7. The molecule has 0 aromatic heterocycles. The molecular weight excluding hydrogens is 512 g/mol. The minimum atomic E-state index is -0.174. The smallest absolute Gasteiger partial charge is 0.256 e. The molecule has 1 aliphatic rings. The van der Waals surface area contributed by atoms with E-state index in [0.717, 1.165) is 36.2 Å². The maximum Gasteiger partial charge on any atom is 0.256 e. The Labute approximate surface area is 244 Å².